The molecular weight excluding hydrogens is 262 g/mol. The predicted molar refractivity (Wildman–Crippen MR) is 87.9 cm³/mol. The van der Waals surface area contributed by atoms with Gasteiger partial charge in [0.15, 0.2) is 0 Å². The fourth-order valence-electron chi connectivity index (χ4n) is 3.03. The number of nitrogens with one attached hydrogen (secondary N) is 2. The van der Waals surface area contributed by atoms with Crippen molar-refractivity contribution in [3.05, 3.63) is 29.3 Å². The Hall–Kier alpha value is -1.55. The van der Waals surface area contributed by atoms with Crippen molar-refractivity contribution in [1.29, 1.82) is 0 Å². The standard InChI is InChI=1S/C17H27N3O/c1-12(2)16(20(3)4)11-19-17(21)14-7-5-9-15-13(14)8-6-10-18-15/h5,7,9,12,16,18H,6,8,10-11H2,1-4H3,(H,19,21). The Bertz CT molecular complexity index is 489. The second kappa shape index (κ2) is 6.94. The van der Waals surface area contributed by atoms with Crippen LogP contribution in [0.1, 0.15) is 36.2 Å². The predicted octanol–water partition coefficient (Wildman–Crippen LogP) is 2.36. The third-order valence-electron chi connectivity index (χ3n) is 4.24. The number of likely N-dealkylation sites (N-methyl/N-ethyl adjacent to an activating group) is 1. The minimum Gasteiger partial charge on any atom is -0.385 e. The third kappa shape index (κ3) is 3.76. The van der Waals surface area contributed by atoms with Crippen molar-refractivity contribution in [1.82, 2.24) is 10.2 Å². The molecule has 0 aliphatic carbocycles. The molecule has 4 nitrogen and oxygen atoms in total. The smallest absolute Gasteiger partial charge is 0.251 e. The maximum Gasteiger partial charge on any atom is 0.251 e. The molecule has 0 aromatic heterocycles. The first-order valence-corrected chi connectivity index (χ1v) is 7.81. The Morgan fingerprint density at radius 3 is 2.81 bits per heavy atom. The van der Waals surface area contributed by atoms with Crippen LogP contribution in [0.15, 0.2) is 18.2 Å². The lowest BCUT2D eigenvalue weighted by molar-refractivity contribution is 0.0933. The Kier molecular flexibility index (Phi) is 5.23. The monoisotopic (exact) mass is 289 g/mol. The van der Waals surface area contributed by atoms with Crippen molar-refractivity contribution >= 4 is 11.6 Å². The highest BCUT2D eigenvalue weighted by Crippen LogP contribution is 2.25. The summed E-state index contributed by atoms with van der Waals surface area (Å²) in [6, 6.07) is 6.30. The summed E-state index contributed by atoms with van der Waals surface area (Å²) >= 11 is 0. The lowest BCUT2D eigenvalue weighted by Crippen LogP contribution is -2.43. The number of benzene rings is 1. The highest BCUT2D eigenvalue weighted by atomic mass is 16.1. The van der Waals surface area contributed by atoms with E-state index in [2.05, 4.69) is 49.5 Å². The Balaban J connectivity index is 2.07. The fraction of sp³-hybridized carbons (Fsp3) is 0.588. The quantitative estimate of drug-likeness (QED) is 0.874. The highest BCUT2D eigenvalue weighted by Gasteiger charge is 2.20. The van der Waals surface area contributed by atoms with E-state index >= 15 is 0 Å². The van der Waals surface area contributed by atoms with E-state index in [0.717, 1.165) is 36.2 Å². The summed E-state index contributed by atoms with van der Waals surface area (Å²) in [5, 5.41) is 6.47. The Morgan fingerprint density at radius 2 is 2.14 bits per heavy atom. The van der Waals surface area contributed by atoms with Crippen LogP contribution >= 0.6 is 0 Å². The van der Waals surface area contributed by atoms with Crippen LogP contribution in [0.3, 0.4) is 0 Å². The van der Waals surface area contributed by atoms with Gasteiger partial charge < -0.3 is 15.5 Å². The fourth-order valence-corrected chi connectivity index (χ4v) is 3.03. The van der Waals surface area contributed by atoms with Gasteiger partial charge in [0.2, 0.25) is 0 Å². The van der Waals surface area contributed by atoms with E-state index in [1.807, 2.05) is 12.1 Å². The molecule has 0 radical (unpaired) electrons. The lowest BCUT2D eigenvalue weighted by Gasteiger charge is -2.28. The largest absolute Gasteiger partial charge is 0.385 e. The molecule has 2 N–H and O–H groups in total. The molecule has 0 bridgehead atoms. The number of carbonyl (C=O) groups is 1. The van der Waals surface area contributed by atoms with Gasteiger partial charge in [0.05, 0.1) is 0 Å². The molecule has 1 aromatic carbocycles. The van der Waals surface area contributed by atoms with Gasteiger partial charge >= 0.3 is 0 Å². The van der Waals surface area contributed by atoms with E-state index in [1.165, 1.54) is 0 Å². The van der Waals surface area contributed by atoms with E-state index in [1.54, 1.807) is 0 Å². The molecular formula is C17H27N3O. The van der Waals surface area contributed by atoms with Crippen molar-refractivity contribution in [2.75, 3.05) is 32.5 Å². The van der Waals surface area contributed by atoms with Crippen LogP contribution in [0, 0.1) is 5.92 Å². The minimum absolute atomic E-state index is 0.0445. The first-order valence-electron chi connectivity index (χ1n) is 7.81. The molecule has 2 rings (SSSR count). The van der Waals surface area contributed by atoms with Crippen molar-refractivity contribution in [3.8, 4) is 0 Å². The number of anilines is 1. The maximum atomic E-state index is 12.5. The highest BCUT2D eigenvalue weighted by molar-refractivity contribution is 5.97. The van der Waals surface area contributed by atoms with Gasteiger partial charge in [0.25, 0.3) is 5.91 Å². The normalized spacial score (nSPS) is 15.5. The molecule has 1 heterocycles. The van der Waals surface area contributed by atoms with Crippen molar-refractivity contribution in [3.63, 3.8) is 0 Å². The molecule has 1 aromatic rings. The molecule has 4 heteroatoms. The third-order valence-corrected chi connectivity index (χ3v) is 4.24. The van der Waals surface area contributed by atoms with Gasteiger partial charge in [-0.05, 0) is 50.6 Å². The first-order chi connectivity index (χ1) is 10.0. The summed E-state index contributed by atoms with van der Waals surface area (Å²) < 4.78 is 0. The summed E-state index contributed by atoms with van der Waals surface area (Å²) in [6.45, 7) is 6.05. The number of nitrogens with zero attached hydrogens (tertiary/aromatic N) is 1. The second-order valence-electron chi connectivity index (χ2n) is 6.35. The average molecular weight is 289 g/mol. The summed E-state index contributed by atoms with van der Waals surface area (Å²) in [4.78, 5) is 14.7. The second-order valence-corrected chi connectivity index (χ2v) is 6.35. The molecule has 1 unspecified atom stereocenters. The number of carbonyl (C=O) groups excluding carboxylic acids is 1. The maximum absolute atomic E-state index is 12.5. The zero-order chi connectivity index (χ0) is 15.4. The Morgan fingerprint density at radius 1 is 1.38 bits per heavy atom. The summed E-state index contributed by atoms with van der Waals surface area (Å²) in [6.07, 6.45) is 2.07. The molecule has 1 atom stereocenters. The summed E-state index contributed by atoms with van der Waals surface area (Å²) in [7, 11) is 4.12. The number of fused-ring (bicyclic) bond motifs is 1. The van der Waals surface area contributed by atoms with Gasteiger partial charge in [-0.2, -0.15) is 0 Å². The number of hydrogen-bond donors (Lipinski definition) is 2. The van der Waals surface area contributed by atoms with Gasteiger partial charge in [-0.25, -0.2) is 0 Å². The molecule has 116 valence electrons. The molecule has 0 spiro atoms. The SMILES string of the molecule is CC(C)C(CNC(=O)c1cccc2c1CCCN2)N(C)C. The van der Waals surface area contributed by atoms with Crippen molar-refractivity contribution < 1.29 is 4.79 Å². The number of amides is 1. The van der Waals surface area contributed by atoms with Crippen molar-refractivity contribution in [2.45, 2.75) is 32.7 Å². The lowest BCUT2D eigenvalue weighted by atomic mass is 9.97. The van der Waals surface area contributed by atoms with E-state index in [9.17, 15) is 4.79 Å². The van der Waals surface area contributed by atoms with E-state index in [4.69, 9.17) is 0 Å². The van der Waals surface area contributed by atoms with E-state index < -0.39 is 0 Å². The van der Waals surface area contributed by atoms with Crippen LogP contribution in [-0.2, 0) is 6.42 Å². The van der Waals surface area contributed by atoms with Gasteiger partial charge in [-0.1, -0.05) is 19.9 Å². The van der Waals surface area contributed by atoms with Crippen LogP contribution in [-0.4, -0.2) is 44.0 Å². The molecule has 1 aliphatic heterocycles. The minimum atomic E-state index is 0.0445. The van der Waals surface area contributed by atoms with Crippen LogP contribution < -0.4 is 10.6 Å². The first kappa shape index (κ1) is 15.8. The van der Waals surface area contributed by atoms with Crippen LogP contribution in [0.5, 0.6) is 0 Å². The van der Waals surface area contributed by atoms with E-state index in [-0.39, 0.29) is 5.91 Å². The molecule has 0 saturated heterocycles. The number of hydrogen-bond acceptors (Lipinski definition) is 3. The molecule has 1 amide bonds. The van der Waals surface area contributed by atoms with Crippen LogP contribution in [0.2, 0.25) is 0 Å². The topological polar surface area (TPSA) is 44.4 Å². The summed E-state index contributed by atoms with van der Waals surface area (Å²) in [5.41, 5.74) is 3.09. The van der Waals surface area contributed by atoms with Gasteiger partial charge in [0, 0.05) is 30.4 Å². The zero-order valence-electron chi connectivity index (χ0n) is 13.6. The van der Waals surface area contributed by atoms with E-state index in [0.29, 0.717) is 18.5 Å². The molecule has 21 heavy (non-hydrogen) atoms. The van der Waals surface area contributed by atoms with Crippen LogP contribution in [0.25, 0.3) is 0 Å². The Labute approximate surface area is 127 Å². The zero-order valence-corrected chi connectivity index (χ0v) is 13.6. The van der Waals surface area contributed by atoms with Crippen molar-refractivity contribution in [2.24, 2.45) is 5.92 Å². The summed E-state index contributed by atoms with van der Waals surface area (Å²) in [5.74, 6) is 0.551. The number of rotatable bonds is 5. The molecule has 0 fully saturated rings. The van der Waals surface area contributed by atoms with Gasteiger partial charge in [0.1, 0.15) is 0 Å². The van der Waals surface area contributed by atoms with Crippen LogP contribution in [0.4, 0.5) is 5.69 Å². The van der Waals surface area contributed by atoms with Gasteiger partial charge in [-0.3, -0.25) is 4.79 Å². The molecule has 1 aliphatic rings. The van der Waals surface area contributed by atoms with Gasteiger partial charge in [-0.15, -0.1) is 0 Å². The average Bonchev–Trinajstić information content (AvgIpc) is 2.46. The molecule has 0 saturated carbocycles.